The number of anilines is 1. The maximum Gasteiger partial charge on any atom is 0.264 e. The zero-order valence-corrected chi connectivity index (χ0v) is 16.3. The average Bonchev–Trinajstić information content (AvgIpc) is 3.09. The number of hydrogen-bond donors (Lipinski definition) is 1. The Labute approximate surface area is 165 Å². The van der Waals surface area contributed by atoms with Gasteiger partial charge in [-0.15, -0.1) is 22.0 Å². The second-order valence-electron chi connectivity index (χ2n) is 5.74. The van der Waals surface area contributed by atoms with Crippen LogP contribution in [0, 0.1) is 12.7 Å². The molecule has 27 heavy (non-hydrogen) atoms. The van der Waals surface area contributed by atoms with Crippen molar-refractivity contribution in [3.63, 3.8) is 0 Å². The first-order chi connectivity index (χ1) is 13.1. The van der Waals surface area contributed by atoms with Crippen LogP contribution in [0.15, 0.2) is 48.5 Å². The molecule has 0 fully saturated rings. The molecule has 0 bridgehead atoms. The maximum atomic E-state index is 13.6. The molecule has 0 unspecified atom stereocenters. The summed E-state index contributed by atoms with van der Waals surface area (Å²) in [6, 6.07) is 14.2. The SMILES string of the molecule is Cc1cccc(OCC(=O)Nc2nnc(CSCc3ccccc3F)s2)c1. The van der Waals surface area contributed by atoms with Gasteiger partial charge >= 0.3 is 0 Å². The van der Waals surface area contributed by atoms with Crippen LogP contribution in [-0.4, -0.2) is 22.7 Å². The smallest absolute Gasteiger partial charge is 0.264 e. The van der Waals surface area contributed by atoms with Crippen LogP contribution < -0.4 is 10.1 Å². The Morgan fingerprint density at radius 3 is 2.85 bits per heavy atom. The topological polar surface area (TPSA) is 64.1 Å². The fourth-order valence-electron chi connectivity index (χ4n) is 2.24. The first-order valence-corrected chi connectivity index (χ1v) is 10.2. The fourth-order valence-corrected chi connectivity index (χ4v) is 4.06. The van der Waals surface area contributed by atoms with Crippen molar-refractivity contribution in [2.24, 2.45) is 0 Å². The van der Waals surface area contributed by atoms with E-state index in [0.29, 0.717) is 28.0 Å². The predicted octanol–water partition coefficient (Wildman–Crippen LogP) is 4.44. The highest BCUT2D eigenvalue weighted by molar-refractivity contribution is 7.97. The van der Waals surface area contributed by atoms with Gasteiger partial charge in [0, 0.05) is 11.5 Å². The van der Waals surface area contributed by atoms with E-state index in [1.807, 2.05) is 31.2 Å². The van der Waals surface area contributed by atoms with Crippen LogP contribution in [0.1, 0.15) is 16.1 Å². The molecule has 0 saturated heterocycles. The Balaban J connectivity index is 1.43. The summed E-state index contributed by atoms with van der Waals surface area (Å²) in [4.78, 5) is 12.0. The Morgan fingerprint density at radius 2 is 2.04 bits per heavy atom. The number of hydrogen-bond acceptors (Lipinski definition) is 6. The van der Waals surface area contributed by atoms with Crippen LogP contribution >= 0.6 is 23.1 Å². The lowest BCUT2D eigenvalue weighted by Crippen LogP contribution is -2.20. The van der Waals surface area contributed by atoms with Gasteiger partial charge in [-0.1, -0.05) is 41.7 Å². The van der Waals surface area contributed by atoms with Gasteiger partial charge in [-0.25, -0.2) is 4.39 Å². The number of carbonyl (C=O) groups excluding carboxylic acids is 1. The standard InChI is InChI=1S/C19H18FN3O2S2/c1-13-5-4-7-15(9-13)25-10-17(24)21-19-23-22-18(27-19)12-26-11-14-6-2-3-8-16(14)20/h2-9H,10-12H2,1H3,(H,21,23,24). The largest absolute Gasteiger partial charge is 0.484 e. The summed E-state index contributed by atoms with van der Waals surface area (Å²) in [6.45, 7) is 1.86. The molecule has 3 rings (SSSR count). The van der Waals surface area contributed by atoms with Gasteiger partial charge in [-0.3, -0.25) is 10.1 Å². The van der Waals surface area contributed by atoms with Gasteiger partial charge in [0.05, 0.1) is 0 Å². The molecule has 140 valence electrons. The summed E-state index contributed by atoms with van der Waals surface area (Å²) in [6.07, 6.45) is 0. The molecule has 0 aliphatic carbocycles. The third-order valence-corrected chi connectivity index (χ3v) is 5.53. The van der Waals surface area contributed by atoms with E-state index in [4.69, 9.17) is 4.74 Å². The lowest BCUT2D eigenvalue weighted by Gasteiger charge is -2.06. The van der Waals surface area contributed by atoms with E-state index >= 15 is 0 Å². The third kappa shape index (κ3) is 6.04. The molecule has 0 atom stereocenters. The molecular weight excluding hydrogens is 385 g/mol. The molecule has 1 heterocycles. The number of thioether (sulfide) groups is 1. The maximum absolute atomic E-state index is 13.6. The summed E-state index contributed by atoms with van der Waals surface area (Å²) in [5, 5.41) is 11.9. The van der Waals surface area contributed by atoms with Crippen LogP contribution in [-0.2, 0) is 16.3 Å². The van der Waals surface area contributed by atoms with Crippen LogP contribution in [0.25, 0.3) is 0 Å². The number of ether oxygens (including phenoxy) is 1. The van der Waals surface area contributed by atoms with Gasteiger partial charge in [0.2, 0.25) is 5.13 Å². The van der Waals surface area contributed by atoms with Crippen LogP contribution in [0.3, 0.4) is 0 Å². The molecule has 2 aromatic carbocycles. The number of rotatable bonds is 8. The first kappa shape index (κ1) is 19.3. The van der Waals surface area contributed by atoms with Crippen molar-refractivity contribution in [2.75, 3.05) is 11.9 Å². The van der Waals surface area contributed by atoms with E-state index in [1.165, 1.54) is 17.4 Å². The molecule has 0 spiro atoms. The van der Waals surface area contributed by atoms with E-state index in [9.17, 15) is 9.18 Å². The van der Waals surface area contributed by atoms with Crippen LogP contribution in [0.5, 0.6) is 5.75 Å². The van der Waals surface area contributed by atoms with Crippen molar-refractivity contribution in [1.82, 2.24) is 10.2 Å². The molecule has 0 aliphatic heterocycles. The van der Waals surface area contributed by atoms with Crippen molar-refractivity contribution < 1.29 is 13.9 Å². The Bertz CT molecular complexity index is 917. The Kier molecular flexibility index (Phi) is 6.78. The van der Waals surface area contributed by atoms with Crippen molar-refractivity contribution >= 4 is 34.1 Å². The minimum absolute atomic E-state index is 0.0968. The van der Waals surface area contributed by atoms with E-state index < -0.39 is 0 Å². The lowest BCUT2D eigenvalue weighted by atomic mass is 10.2. The van der Waals surface area contributed by atoms with Gasteiger partial charge in [0.25, 0.3) is 5.91 Å². The number of halogens is 1. The zero-order valence-electron chi connectivity index (χ0n) is 14.6. The summed E-state index contributed by atoms with van der Waals surface area (Å²) in [5.74, 6) is 1.30. The number of nitrogens with one attached hydrogen (secondary N) is 1. The van der Waals surface area contributed by atoms with Gasteiger partial charge < -0.3 is 4.74 Å². The summed E-state index contributed by atoms with van der Waals surface area (Å²) < 4.78 is 19.0. The normalized spacial score (nSPS) is 10.6. The van der Waals surface area contributed by atoms with Crippen LogP contribution in [0.2, 0.25) is 0 Å². The van der Waals surface area contributed by atoms with Crippen molar-refractivity contribution in [3.05, 3.63) is 70.5 Å². The molecular formula is C19H18FN3O2S2. The lowest BCUT2D eigenvalue weighted by molar-refractivity contribution is -0.118. The molecule has 1 N–H and O–H groups in total. The van der Waals surface area contributed by atoms with Crippen molar-refractivity contribution in [3.8, 4) is 5.75 Å². The molecule has 5 nitrogen and oxygen atoms in total. The minimum atomic E-state index is -0.293. The minimum Gasteiger partial charge on any atom is -0.484 e. The molecule has 1 aromatic heterocycles. The summed E-state index contributed by atoms with van der Waals surface area (Å²) in [7, 11) is 0. The van der Waals surface area contributed by atoms with Crippen molar-refractivity contribution in [2.45, 2.75) is 18.4 Å². The second-order valence-corrected chi connectivity index (χ2v) is 7.79. The second kappa shape index (κ2) is 9.48. The zero-order chi connectivity index (χ0) is 19.1. The number of aromatic nitrogens is 2. The van der Waals surface area contributed by atoms with Crippen LogP contribution in [0.4, 0.5) is 9.52 Å². The van der Waals surface area contributed by atoms with E-state index in [0.717, 1.165) is 10.6 Å². The molecule has 8 heteroatoms. The molecule has 0 radical (unpaired) electrons. The number of amides is 1. The molecule has 0 saturated carbocycles. The van der Waals surface area contributed by atoms with E-state index in [2.05, 4.69) is 15.5 Å². The highest BCUT2D eigenvalue weighted by Gasteiger charge is 2.10. The highest BCUT2D eigenvalue weighted by Crippen LogP contribution is 2.23. The molecule has 0 aliphatic rings. The third-order valence-electron chi connectivity index (χ3n) is 3.51. The van der Waals surface area contributed by atoms with E-state index in [-0.39, 0.29) is 18.3 Å². The number of carbonyl (C=O) groups is 1. The van der Waals surface area contributed by atoms with Gasteiger partial charge in [-0.05, 0) is 36.2 Å². The van der Waals surface area contributed by atoms with Gasteiger partial charge in [-0.2, -0.15) is 0 Å². The number of benzene rings is 2. The molecule has 3 aromatic rings. The van der Waals surface area contributed by atoms with Gasteiger partial charge in [0.15, 0.2) is 6.61 Å². The highest BCUT2D eigenvalue weighted by atomic mass is 32.2. The van der Waals surface area contributed by atoms with Gasteiger partial charge in [0.1, 0.15) is 16.6 Å². The monoisotopic (exact) mass is 403 g/mol. The quantitative estimate of drug-likeness (QED) is 0.603. The fraction of sp³-hybridized carbons (Fsp3) is 0.211. The molecule has 1 amide bonds. The average molecular weight is 404 g/mol. The number of nitrogens with zero attached hydrogens (tertiary/aromatic N) is 2. The summed E-state index contributed by atoms with van der Waals surface area (Å²) >= 11 is 2.85. The van der Waals surface area contributed by atoms with E-state index in [1.54, 1.807) is 30.0 Å². The summed E-state index contributed by atoms with van der Waals surface area (Å²) in [5.41, 5.74) is 1.73. The Hall–Kier alpha value is -2.45. The van der Waals surface area contributed by atoms with Crippen molar-refractivity contribution in [1.29, 1.82) is 0 Å². The Morgan fingerprint density at radius 1 is 1.19 bits per heavy atom. The first-order valence-electron chi connectivity index (χ1n) is 8.23. The number of aryl methyl sites for hydroxylation is 1. The predicted molar refractivity (Wildman–Crippen MR) is 107 cm³/mol.